The van der Waals surface area contributed by atoms with E-state index in [1.54, 1.807) is 25.1 Å². The molecule has 6 nitrogen and oxygen atoms in total. The Morgan fingerprint density at radius 2 is 2.35 bits per heavy atom. The summed E-state index contributed by atoms with van der Waals surface area (Å²) in [5, 5.41) is 9.28. The summed E-state index contributed by atoms with van der Waals surface area (Å²) < 4.78 is 6.86. The van der Waals surface area contributed by atoms with Gasteiger partial charge in [0, 0.05) is 26.6 Å². The van der Waals surface area contributed by atoms with Crippen molar-refractivity contribution in [3.05, 3.63) is 18.2 Å². The van der Waals surface area contributed by atoms with E-state index in [9.17, 15) is 9.90 Å². The number of hydrogen-bond acceptors (Lipinski definition) is 4. The van der Waals surface area contributed by atoms with E-state index in [2.05, 4.69) is 4.98 Å². The highest BCUT2D eigenvalue weighted by Gasteiger charge is 2.38. The molecule has 1 aromatic rings. The van der Waals surface area contributed by atoms with Gasteiger partial charge in [-0.3, -0.25) is 9.69 Å². The van der Waals surface area contributed by atoms with E-state index in [1.807, 2.05) is 17.8 Å². The zero-order valence-corrected chi connectivity index (χ0v) is 10.7. The van der Waals surface area contributed by atoms with Crippen molar-refractivity contribution >= 4 is 5.97 Å². The first-order valence-corrected chi connectivity index (χ1v) is 5.31. The average Bonchev–Trinajstić information content (AvgIpc) is 2.64. The van der Waals surface area contributed by atoms with Crippen LogP contribution in [-0.4, -0.2) is 51.8 Å². The number of carboxylic acids is 1. The number of likely N-dealkylation sites (N-methyl/N-ethyl adjacent to an activating group) is 1. The van der Waals surface area contributed by atoms with Crippen LogP contribution < -0.4 is 0 Å². The van der Waals surface area contributed by atoms with E-state index in [4.69, 9.17) is 4.74 Å². The lowest BCUT2D eigenvalue weighted by atomic mass is 10.0. The van der Waals surface area contributed by atoms with E-state index in [0.29, 0.717) is 6.54 Å². The van der Waals surface area contributed by atoms with Crippen molar-refractivity contribution in [2.75, 3.05) is 20.8 Å². The Kier molecular flexibility index (Phi) is 4.25. The fourth-order valence-electron chi connectivity index (χ4n) is 1.55. The van der Waals surface area contributed by atoms with Crippen LogP contribution in [0.4, 0.5) is 0 Å². The number of carboxylic acid groups (broad SMARTS) is 1. The van der Waals surface area contributed by atoms with E-state index in [1.165, 1.54) is 7.11 Å². The van der Waals surface area contributed by atoms with E-state index in [0.717, 1.165) is 5.82 Å². The Hall–Kier alpha value is -1.40. The fraction of sp³-hybridized carbons (Fsp3) is 0.636. The standard InChI is InChI=1S/C11H19N3O3/c1-11(8-17-4,10(15)16)14(3)7-9-12-5-6-13(9)2/h5-6H,7-8H2,1-4H3,(H,15,16). The number of ether oxygens (including phenoxy) is 1. The minimum Gasteiger partial charge on any atom is -0.480 e. The van der Waals surface area contributed by atoms with Crippen LogP contribution in [0.2, 0.25) is 0 Å². The van der Waals surface area contributed by atoms with Gasteiger partial charge in [-0.25, -0.2) is 4.98 Å². The molecule has 0 amide bonds. The summed E-state index contributed by atoms with van der Waals surface area (Å²) in [6.45, 7) is 2.22. The summed E-state index contributed by atoms with van der Waals surface area (Å²) in [7, 11) is 5.13. The van der Waals surface area contributed by atoms with Crippen LogP contribution in [0.1, 0.15) is 12.7 Å². The molecule has 1 atom stereocenters. The number of nitrogens with zero attached hydrogens (tertiary/aromatic N) is 3. The largest absolute Gasteiger partial charge is 0.480 e. The SMILES string of the molecule is COCC(C)(C(=O)O)N(C)Cc1nccn1C. The predicted octanol–water partition coefficient (Wildman–Crippen LogP) is 0.342. The molecule has 1 rings (SSSR count). The quantitative estimate of drug-likeness (QED) is 0.778. The molecule has 6 heteroatoms. The van der Waals surface area contributed by atoms with Gasteiger partial charge >= 0.3 is 5.97 Å². The first-order valence-electron chi connectivity index (χ1n) is 5.31. The van der Waals surface area contributed by atoms with Crippen LogP contribution in [0.5, 0.6) is 0 Å². The fourth-order valence-corrected chi connectivity index (χ4v) is 1.55. The molecular weight excluding hydrogens is 222 g/mol. The monoisotopic (exact) mass is 241 g/mol. The number of carbonyl (C=O) groups is 1. The Morgan fingerprint density at radius 3 is 2.76 bits per heavy atom. The molecule has 0 radical (unpaired) electrons. The van der Waals surface area contributed by atoms with Crippen molar-refractivity contribution in [1.82, 2.24) is 14.5 Å². The summed E-state index contributed by atoms with van der Waals surface area (Å²) >= 11 is 0. The van der Waals surface area contributed by atoms with Crippen molar-refractivity contribution in [2.45, 2.75) is 19.0 Å². The van der Waals surface area contributed by atoms with Crippen molar-refractivity contribution in [1.29, 1.82) is 0 Å². The van der Waals surface area contributed by atoms with E-state index < -0.39 is 11.5 Å². The Morgan fingerprint density at radius 1 is 1.71 bits per heavy atom. The second-order valence-electron chi connectivity index (χ2n) is 4.32. The first kappa shape index (κ1) is 13.7. The molecule has 1 aromatic heterocycles. The highest BCUT2D eigenvalue weighted by atomic mass is 16.5. The maximum atomic E-state index is 11.3. The van der Waals surface area contributed by atoms with Crippen LogP contribution in [0, 0.1) is 0 Å². The maximum Gasteiger partial charge on any atom is 0.326 e. The molecule has 1 N–H and O–H groups in total. The molecule has 17 heavy (non-hydrogen) atoms. The van der Waals surface area contributed by atoms with Gasteiger partial charge < -0.3 is 14.4 Å². The summed E-state index contributed by atoms with van der Waals surface area (Å²) in [5.41, 5.74) is -1.05. The van der Waals surface area contributed by atoms with Gasteiger partial charge in [-0.2, -0.15) is 0 Å². The molecule has 0 aliphatic rings. The normalized spacial score (nSPS) is 14.9. The molecular formula is C11H19N3O3. The number of aryl methyl sites for hydroxylation is 1. The molecule has 0 fully saturated rings. The molecule has 0 saturated heterocycles. The summed E-state index contributed by atoms with van der Waals surface area (Å²) in [6.07, 6.45) is 3.52. The van der Waals surface area contributed by atoms with E-state index >= 15 is 0 Å². The van der Waals surface area contributed by atoms with Crippen molar-refractivity contribution < 1.29 is 14.6 Å². The van der Waals surface area contributed by atoms with Gasteiger partial charge in [0.2, 0.25) is 0 Å². The molecule has 0 aromatic carbocycles. The van der Waals surface area contributed by atoms with E-state index in [-0.39, 0.29) is 6.61 Å². The van der Waals surface area contributed by atoms with Crippen LogP contribution in [0.25, 0.3) is 0 Å². The number of hydrogen-bond donors (Lipinski definition) is 1. The summed E-state index contributed by atoms with van der Waals surface area (Å²) in [5.74, 6) is -0.0906. The maximum absolute atomic E-state index is 11.3. The molecule has 1 heterocycles. The molecule has 96 valence electrons. The van der Waals surface area contributed by atoms with Crippen molar-refractivity contribution in [3.63, 3.8) is 0 Å². The van der Waals surface area contributed by atoms with Gasteiger partial charge in [0.25, 0.3) is 0 Å². The lowest BCUT2D eigenvalue weighted by molar-refractivity contribution is -0.153. The summed E-state index contributed by atoms with van der Waals surface area (Å²) in [6, 6.07) is 0. The molecule has 0 bridgehead atoms. The third kappa shape index (κ3) is 2.83. The lowest BCUT2D eigenvalue weighted by Crippen LogP contribution is -2.53. The minimum absolute atomic E-state index is 0.128. The van der Waals surface area contributed by atoms with Gasteiger partial charge in [0.1, 0.15) is 11.4 Å². The lowest BCUT2D eigenvalue weighted by Gasteiger charge is -2.34. The zero-order valence-electron chi connectivity index (χ0n) is 10.7. The van der Waals surface area contributed by atoms with Crippen molar-refractivity contribution in [2.24, 2.45) is 7.05 Å². The van der Waals surface area contributed by atoms with Gasteiger partial charge in [-0.05, 0) is 14.0 Å². The second-order valence-corrected chi connectivity index (χ2v) is 4.32. The van der Waals surface area contributed by atoms with Gasteiger partial charge in [0.15, 0.2) is 0 Å². The number of methoxy groups -OCH3 is 1. The summed E-state index contributed by atoms with van der Waals surface area (Å²) in [4.78, 5) is 17.2. The van der Waals surface area contributed by atoms with Gasteiger partial charge in [0.05, 0.1) is 13.2 Å². The Labute approximate surface area is 101 Å². The van der Waals surface area contributed by atoms with Crippen LogP contribution >= 0.6 is 0 Å². The highest BCUT2D eigenvalue weighted by Crippen LogP contribution is 2.16. The third-order valence-electron chi connectivity index (χ3n) is 3.03. The number of imidazole rings is 1. The number of rotatable bonds is 6. The highest BCUT2D eigenvalue weighted by molar-refractivity contribution is 5.78. The minimum atomic E-state index is -1.05. The number of aliphatic carboxylic acids is 1. The Bertz CT molecular complexity index is 391. The van der Waals surface area contributed by atoms with Crippen molar-refractivity contribution in [3.8, 4) is 0 Å². The molecule has 0 aliphatic carbocycles. The topological polar surface area (TPSA) is 67.6 Å². The predicted molar refractivity (Wildman–Crippen MR) is 62.6 cm³/mol. The van der Waals surface area contributed by atoms with Crippen LogP contribution in [-0.2, 0) is 23.1 Å². The smallest absolute Gasteiger partial charge is 0.326 e. The van der Waals surface area contributed by atoms with Crippen LogP contribution in [0.3, 0.4) is 0 Å². The average molecular weight is 241 g/mol. The molecule has 0 aliphatic heterocycles. The number of aromatic nitrogens is 2. The Balaban J connectivity index is 2.83. The third-order valence-corrected chi connectivity index (χ3v) is 3.03. The zero-order chi connectivity index (χ0) is 13.1. The van der Waals surface area contributed by atoms with Gasteiger partial charge in [-0.1, -0.05) is 0 Å². The molecule has 0 saturated carbocycles. The second kappa shape index (κ2) is 5.29. The van der Waals surface area contributed by atoms with Gasteiger partial charge in [-0.15, -0.1) is 0 Å². The molecule has 1 unspecified atom stereocenters. The first-order chi connectivity index (χ1) is 7.91. The molecule has 0 spiro atoms. The van der Waals surface area contributed by atoms with Crippen LogP contribution in [0.15, 0.2) is 12.4 Å².